The number of nitrogens with zero attached hydrogens (tertiary/aromatic N) is 2. The SMILES string of the molecule is CO.COC(C(=O)Nc1ncc(Cc2ccccc2Cl)s1)c1ccccc1.O=C(Nc1ncc(Cc2ccccc2Cl)s1)C(Br)c1ccccc1. The molecule has 0 aliphatic heterocycles. The molecule has 2 amide bonds. The van der Waals surface area contributed by atoms with Crippen molar-refractivity contribution < 1.29 is 19.4 Å². The highest BCUT2D eigenvalue weighted by Crippen LogP contribution is 2.29. The van der Waals surface area contributed by atoms with E-state index >= 15 is 0 Å². The number of hydrogen-bond acceptors (Lipinski definition) is 8. The molecule has 2 unspecified atom stereocenters. The Labute approximate surface area is 323 Å². The van der Waals surface area contributed by atoms with Crippen molar-refractivity contribution in [3.8, 4) is 0 Å². The van der Waals surface area contributed by atoms with E-state index in [4.69, 9.17) is 33.0 Å². The average Bonchev–Trinajstić information content (AvgIpc) is 3.80. The van der Waals surface area contributed by atoms with Crippen molar-refractivity contribution in [1.29, 1.82) is 0 Å². The lowest BCUT2D eigenvalue weighted by Gasteiger charge is -2.14. The topological polar surface area (TPSA) is 113 Å². The number of methoxy groups -OCH3 is 1. The van der Waals surface area contributed by atoms with Gasteiger partial charge in [-0.25, -0.2) is 9.97 Å². The molecule has 0 bridgehead atoms. The first-order valence-corrected chi connectivity index (χ1v) is 18.8. The third-order valence-corrected chi connectivity index (χ3v) is 10.6. The molecule has 0 saturated heterocycles. The highest BCUT2D eigenvalue weighted by atomic mass is 79.9. The lowest BCUT2D eigenvalue weighted by molar-refractivity contribution is -0.126. The molecule has 6 aromatic rings. The summed E-state index contributed by atoms with van der Waals surface area (Å²) < 4.78 is 5.34. The molecule has 4 aromatic carbocycles. The van der Waals surface area contributed by atoms with E-state index in [1.807, 2.05) is 109 Å². The minimum Gasteiger partial charge on any atom is -0.400 e. The molecular formula is C38H35BrCl2N4O4S2. The van der Waals surface area contributed by atoms with E-state index in [1.165, 1.54) is 29.8 Å². The molecule has 8 nitrogen and oxygen atoms in total. The smallest absolute Gasteiger partial charge is 0.259 e. The van der Waals surface area contributed by atoms with Gasteiger partial charge in [-0.2, -0.15) is 0 Å². The summed E-state index contributed by atoms with van der Waals surface area (Å²) in [5, 5.41) is 15.3. The number of thiazole rings is 2. The van der Waals surface area contributed by atoms with Gasteiger partial charge in [0.1, 0.15) is 4.83 Å². The van der Waals surface area contributed by atoms with E-state index < -0.39 is 10.9 Å². The quantitative estimate of drug-likeness (QED) is 0.112. The second kappa shape index (κ2) is 20.8. The summed E-state index contributed by atoms with van der Waals surface area (Å²) in [5.74, 6) is -0.382. The van der Waals surface area contributed by atoms with Crippen molar-refractivity contribution >= 4 is 83.9 Å². The van der Waals surface area contributed by atoms with E-state index in [0.29, 0.717) is 23.1 Å². The van der Waals surface area contributed by atoms with Gasteiger partial charge in [0.2, 0.25) is 5.91 Å². The summed E-state index contributed by atoms with van der Waals surface area (Å²) in [6.07, 6.45) is 4.24. The molecule has 264 valence electrons. The molecule has 0 aliphatic rings. The molecule has 6 rings (SSSR count). The van der Waals surface area contributed by atoms with Crippen LogP contribution in [0.15, 0.2) is 122 Å². The van der Waals surface area contributed by atoms with Gasteiger partial charge in [0.05, 0.1) is 0 Å². The minimum absolute atomic E-state index is 0.139. The Hall–Kier alpha value is -3.94. The largest absolute Gasteiger partial charge is 0.400 e. The number of halogens is 3. The molecule has 0 radical (unpaired) electrons. The third-order valence-electron chi connectivity index (χ3n) is 7.11. The van der Waals surface area contributed by atoms with Crippen LogP contribution in [-0.4, -0.2) is 41.1 Å². The number of ether oxygens (including phenoxy) is 1. The summed E-state index contributed by atoms with van der Waals surface area (Å²) in [7, 11) is 2.52. The lowest BCUT2D eigenvalue weighted by atomic mass is 10.1. The molecule has 2 heterocycles. The monoisotopic (exact) mass is 824 g/mol. The molecule has 2 aromatic heterocycles. The van der Waals surface area contributed by atoms with Gasteiger partial charge in [-0.1, -0.05) is 136 Å². The summed E-state index contributed by atoms with van der Waals surface area (Å²) in [6.45, 7) is 0. The van der Waals surface area contributed by atoms with Crippen LogP contribution in [0.4, 0.5) is 10.3 Å². The van der Waals surface area contributed by atoms with Gasteiger partial charge in [-0.3, -0.25) is 14.9 Å². The van der Waals surface area contributed by atoms with Crippen LogP contribution in [0, 0.1) is 0 Å². The maximum atomic E-state index is 12.5. The van der Waals surface area contributed by atoms with Gasteiger partial charge in [0, 0.05) is 59.3 Å². The number of aliphatic hydroxyl groups is 1. The van der Waals surface area contributed by atoms with Crippen molar-refractivity contribution in [2.24, 2.45) is 0 Å². The van der Waals surface area contributed by atoms with E-state index in [0.717, 1.165) is 49.2 Å². The predicted molar refractivity (Wildman–Crippen MR) is 212 cm³/mol. The molecule has 13 heteroatoms. The second-order valence-corrected chi connectivity index (χ2v) is 14.5. The number of amides is 2. The Balaban J connectivity index is 0.000000218. The molecule has 3 N–H and O–H groups in total. The van der Waals surface area contributed by atoms with Crippen LogP contribution in [0.3, 0.4) is 0 Å². The zero-order valence-corrected chi connectivity index (χ0v) is 32.4. The fourth-order valence-corrected chi connectivity index (χ4v) is 7.19. The van der Waals surface area contributed by atoms with Crippen LogP contribution in [0.5, 0.6) is 0 Å². The average molecular weight is 827 g/mol. The second-order valence-electron chi connectivity index (χ2n) is 10.6. The summed E-state index contributed by atoms with van der Waals surface area (Å²) in [6, 6.07) is 34.3. The molecule has 51 heavy (non-hydrogen) atoms. The first kappa shape index (κ1) is 39.8. The molecule has 0 saturated carbocycles. The van der Waals surface area contributed by atoms with Gasteiger partial charge in [-0.05, 0) is 34.4 Å². The maximum absolute atomic E-state index is 12.5. The van der Waals surface area contributed by atoms with Crippen molar-refractivity contribution in [2.75, 3.05) is 24.9 Å². The number of rotatable bonds is 11. The number of carbonyl (C=O) groups is 2. The van der Waals surface area contributed by atoms with Crippen molar-refractivity contribution in [2.45, 2.75) is 23.8 Å². The van der Waals surface area contributed by atoms with Gasteiger partial charge in [-0.15, -0.1) is 22.7 Å². The van der Waals surface area contributed by atoms with E-state index in [9.17, 15) is 9.59 Å². The number of hydrogen-bond donors (Lipinski definition) is 3. The number of alkyl halides is 1. The van der Waals surface area contributed by atoms with Crippen LogP contribution in [0.2, 0.25) is 10.0 Å². The first-order chi connectivity index (χ1) is 24.8. The van der Waals surface area contributed by atoms with Gasteiger partial charge in [0.15, 0.2) is 16.4 Å². The molecular weight excluding hydrogens is 791 g/mol. The number of carbonyl (C=O) groups excluding carboxylic acids is 2. The number of aromatic nitrogens is 2. The summed E-state index contributed by atoms with van der Waals surface area (Å²) in [5.41, 5.74) is 3.78. The Bertz CT molecular complexity index is 1980. The molecule has 0 aliphatic carbocycles. The fraction of sp³-hybridized carbons (Fsp3) is 0.158. The maximum Gasteiger partial charge on any atom is 0.259 e. The van der Waals surface area contributed by atoms with Crippen LogP contribution < -0.4 is 10.6 Å². The molecule has 0 fully saturated rings. The number of aliphatic hydroxyl groups excluding tert-OH is 1. The Morgan fingerprint density at radius 2 is 1.10 bits per heavy atom. The fourth-order valence-electron chi connectivity index (χ4n) is 4.69. The number of nitrogens with one attached hydrogen (secondary N) is 2. The van der Waals surface area contributed by atoms with Crippen LogP contribution in [0.1, 0.15) is 42.9 Å². The van der Waals surface area contributed by atoms with Gasteiger partial charge in [0.25, 0.3) is 5.91 Å². The zero-order valence-electron chi connectivity index (χ0n) is 27.6. The van der Waals surface area contributed by atoms with E-state index in [1.54, 1.807) is 12.4 Å². The van der Waals surface area contributed by atoms with Crippen molar-refractivity contribution in [3.63, 3.8) is 0 Å². The van der Waals surface area contributed by atoms with Gasteiger partial charge >= 0.3 is 0 Å². The summed E-state index contributed by atoms with van der Waals surface area (Å²) >= 11 is 18.7. The molecule has 2 atom stereocenters. The Morgan fingerprint density at radius 1 is 0.686 bits per heavy atom. The van der Waals surface area contributed by atoms with Crippen LogP contribution in [0.25, 0.3) is 0 Å². The Morgan fingerprint density at radius 3 is 1.55 bits per heavy atom. The number of anilines is 2. The van der Waals surface area contributed by atoms with Crippen molar-refractivity contribution in [1.82, 2.24) is 9.97 Å². The minimum atomic E-state index is -0.669. The first-order valence-electron chi connectivity index (χ1n) is 15.5. The predicted octanol–water partition coefficient (Wildman–Crippen LogP) is 9.78. The van der Waals surface area contributed by atoms with Crippen molar-refractivity contribution in [3.05, 3.63) is 164 Å². The number of benzene rings is 4. The highest BCUT2D eigenvalue weighted by Gasteiger charge is 2.21. The van der Waals surface area contributed by atoms with E-state index in [2.05, 4.69) is 36.5 Å². The normalized spacial score (nSPS) is 11.6. The summed E-state index contributed by atoms with van der Waals surface area (Å²) in [4.78, 5) is 35.0. The van der Waals surface area contributed by atoms with E-state index in [-0.39, 0.29) is 11.8 Å². The van der Waals surface area contributed by atoms with Gasteiger partial charge < -0.3 is 15.2 Å². The third kappa shape index (κ3) is 12.1. The van der Waals surface area contributed by atoms with Crippen LogP contribution >= 0.6 is 61.8 Å². The molecule has 0 spiro atoms. The highest BCUT2D eigenvalue weighted by molar-refractivity contribution is 9.09. The Kier molecular flexibility index (Phi) is 16.2. The zero-order chi connectivity index (χ0) is 36.6. The standard InChI is InChI=1S/C19H17ClN2O2S.C18H14BrClN2OS.CH4O/c1-24-17(13-7-3-2-4-8-13)18(23)22-19-21-12-15(25-19)11-14-9-5-6-10-16(14)20;19-16(12-6-2-1-3-7-12)17(23)22-18-21-11-14(24-18)10-13-8-4-5-9-15(13)20;1-2/h2-10,12,17H,11H2,1H3,(H,21,22,23);1-9,11,16H,10H2,(H,21,22,23);2H,1H3. The lowest BCUT2D eigenvalue weighted by Crippen LogP contribution is -2.22. The van der Waals surface area contributed by atoms with Crippen LogP contribution in [-0.2, 0) is 27.2 Å².